The number of aryl methyl sites for hydroxylation is 2. The average molecular weight is 467 g/mol. The largest absolute Gasteiger partial charge is 0.339 e. The van der Waals surface area contributed by atoms with E-state index in [4.69, 9.17) is 0 Å². The Bertz CT molecular complexity index is 1710. The third-order valence-electron chi connectivity index (χ3n) is 6.18. The van der Waals surface area contributed by atoms with Gasteiger partial charge in [0, 0.05) is 29.4 Å². The van der Waals surface area contributed by atoms with Gasteiger partial charge in [-0.2, -0.15) is 9.78 Å². The van der Waals surface area contributed by atoms with E-state index >= 15 is 0 Å². The lowest BCUT2D eigenvalue weighted by molar-refractivity contribution is -0.385. The summed E-state index contributed by atoms with van der Waals surface area (Å²) in [6.07, 6.45) is 0. The minimum absolute atomic E-state index is 0.0443. The number of benzene rings is 3. The number of anilines is 1. The number of hydrogen-bond donors (Lipinski definition) is 1. The second kappa shape index (κ2) is 8.21. The maximum Gasteiger partial charge on any atom is 0.296 e. The SMILES string of the molecule is Cc1ccc(-n2nc(C(=O)Nc3cccc([N+](=O)[O-])c3C)c3c4ccccc4n(C)c3c2=O)cc1. The molecular weight excluding hydrogens is 446 g/mol. The molecule has 1 amide bonds. The first kappa shape index (κ1) is 22.0. The van der Waals surface area contributed by atoms with Crippen LogP contribution in [-0.2, 0) is 7.05 Å². The number of carbonyl (C=O) groups excluding carboxylic acids is 1. The summed E-state index contributed by atoms with van der Waals surface area (Å²) in [5.74, 6) is -0.573. The van der Waals surface area contributed by atoms with Crippen LogP contribution in [0.25, 0.3) is 27.5 Å². The Balaban J connectivity index is 1.78. The predicted octanol–water partition coefficient (Wildman–Crippen LogP) is 4.65. The van der Waals surface area contributed by atoms with Crippen LogP contribution in [0.15, 0.2) is 71.5 Å². The molecule has 1 N–H and O–H groups in total. The van der Waals surface area contributed by atoms with Gasteiger partial charge in [0.2, 0.25) is 0 Å². The number of nitrogens with zero attached hydrogens (tertiary/aromatic N) is 4. The highest BCUT2D eigenvalue weighted by atomic mass is 16.6. The van der Waals surface area contributed by atoms with Crippen molar-refractivity contribution < 1.29 is 9.72 Å². The van der Waals surface area contributed by atoms with Gasteiger partial charge >= 0.3 is 0 Å². The van der Waals surface area contributed by atoms with Crippen LogP contribution >= 0.6 is 0 Å². The van der Waals surface area contributed by atoms with E-state index < -0.39 is 10.8 Å². The number of para-hydroxylation sites is 1. The fourth-order valence-electron chi connectivity index (χ4n) is 4.34. The second-order valence-electron chi connectivity index (χ2n) is 8.36. The second-order valence-corrected chi connectivity index (χ2v) is 8.36. The van der Waals surface area contributed by atoms with Gasteiger partial charge < -0.3 is 9.88 Å². The lowest BCUT2D eigenvalue weighted by Crippen LogP contribution is -2.27. The number of aromatic nitrogens is 3. The summed E-state index contributed by atoms with van der Waals surface area (Å²) >= 11 is 0. The zero-order chi connectivity index (χ0) is 24.9. The van der Waals surface area contributed by atoms with Crippen molar-refractivity contribution in [2.75, 3.05) is 5.32 Å². The first-order valence-electron chi connectivity index (χ1n) is 10.9. The molecule has 0 bridgehead atoms. The van der Waals surface area contributed by atoms with Crippen molar-refractivity contribution >= 4 is 39.1 Å². The Hall–Kier alpha value is -4.79. The molecule has 5 aromatic rings. The van der Waals surface area contributed by atoms with Gasteiger partial charge in [0.25, 0.3) is 17.2 Å². The summed E-state index contributed by atoms with van der Waals surface area (Å²) < 4.78 is 2.98. The summed E-state index contributed by atoms with van der Waals surface area (Å²) in [5.41, 5.74) is 2.87. The molecule has 0 spiro atoms. The van der Waals surface area contributed by atoms with E-state index in [-0.39, 0.29) is 16.9 Å². The number of nitro benzene ring substituents is 1. The van der Waals surface area contributed by atoms with Gasteiger partial charge in [-0.3, -0.25) is 19.7 Å². The van der Waals surface area contributed by atoms with Gasteiger partial charge in [-0.15, -0.1) is 0 Å². The molecule has 0 aliphatic heterocycles. The van der Waals surface area contributed by atoms with Crippen LogP contribution in [0.4, 0.5) is 11.4 Å². The molecule has 0 saturated heterocycles. The van der Waals surface area contributed by atoms with E-state index in [1.807, 2.05) is 43.3 Å². The Kier molecular flexibility index (Phi) is 5.17. The molecule has 0 atom stereocenters. The van der Waals surface area contributed by atoms with Crippen LogP contribution in [0.2, 0.25) is 0 Å². The summed E-state index contributed by atoms with van der Waals surface area (Å²) in [6.45, 7) is 3.51. The molecule has 0 saturated carbocycles. The van der Waals surface area contributed by atoms with E-state index in [0.29, 0.717) is 33.2 Å². The van der Waals surface area contributed by atoms with E-state index in [1.165, 1.54) is 16.8 Å². The molecule has 174 valence electrons. The lowest BCUT2D eigenvalue weighted by atomic mass is 10.1. The van der Waals surface area contributed by atoms with Gasteiger partial charge in [0.05, 0.1) is 21.9 Å². The molecule has 35 heavy (non-hydrogen) atoms. The number of hydrogen-bond acceptors (Lipinski definition) is 5. The van der Waals surface area contributed by atoms with E-state index in [1.54, 1.807) is 36.7 Å². The highest BCUT2D eigenvalue weighted by molar-refractivity contribution is 6.19. The van der Waals surface area contributed by atoms with Gasteiger partial charge in [-0.05, 0) is 38.1 Å². The molecule has 0 aliphatic carbocycles. The first-order valence-corrected chi connectivity index (χ1v) is 10.9. The summed E-state index contributed by atoms with van der Waals surface area (Å²) in [4.78, 5) is 38.0. The molecule has 3 aromatic carbocycles. The van der Waals surface area contributed by atoms with E-state index in [9.17, 15) is 19.7 Å². The zero-order valence-electron chi connectivity index (χ0n) is 19.3. The Morgan fingerprint density at radius 3 is 2.43 bits per heavy atom. The smallest absolute Gasteiger partial charge is 0.296 e. The number of amides is 1. The van der Waals surface area contributed by atoms with Crippen molar-refractivity contribution in [1.82, 2.24) is 14.3 Å². The summed E-state index contributed by atoms with van der Waals surface area (Å²) in [6, 6.07) is 19.1. The fourth-order valence-corrected chi connectivity index (χ4v) is 4.34. The number of rotatable bonds is 4. The number of nitro groups is 1. The molecule has 9 nitrogen and oxygen atoms in total. The van der Waals surface area contributed by atoms with Crippen LogP contribution < -0.4 is 10.9 Å². The van der Waals surface area contributed by atoms with Gasteiger partial charge in [0.15, 0.2) is 5.69 Å². The fraction of sp³-hybridized carbons (Fsp3) is 0.115. The number of carbonyl (C=O) groups is 1. The molecule has 0 fully saturated rings. The van der Waals surface area contributed by atoms with E-state index in [0.717, 1.165) is 11.1 Å². The van der Waals surface area contributed by atoms with Crippen molar-refractivity contribution in [2.45, 2.75) is 13.8 Å². The Labute approximate surface area is 199 Å². The van der Waals surface area contributed by atoms with Gasteiger partial charge in [-0.1, -0.05) is 42.0 Å². The molecule has 9 heteroatoms. The number of fused-ring (bicyclic) bond motifs is 3. The quantitative estimate of drug-likeness (QED) is 0.305. The molecule has 0 unspecified atom stereocenters. The number of nitrogens with one attached hydrogen (secondary N) is 1. The van der Waals surface area contributed by atoms with Crippen molar-refractivity contribution in [1.29, 1.82) is 0 Å². The zero-order valence-corrected chi connectivity index (χ0v) is 19.3. The normalized spacial score (nSPS) is 11.2. The highest BCUT2D eigenvalue weighted by Crippen LogP contribution is 2.30. The predicted molar refractivity (Wildman–Crippen MR) is 134 cm³/mol. The van der Waals surface area contributed by atoms with Crippen LogP contribution in [0.3, 0.4) is 0 Å². The molecular formula is C26H21N5O4. The van der Waals surface area contributed by atoms with Gasteiger partial charge in [0.1, 0.15) is 5.52 Å². The summed E-state index contributed by atoms with van der Waals surface area (Å²) in [7, 11) is 1.78. The van der Waals surface area contributed by atoms with Crippen LogP contribution in [0, 0.1) is 24.0 Å². The maximum absolute atomic E-state index is 13.6. The Morgan fingerprint density at radius 1 is 1.00 bits per heavy atom. The molecule has 2 heterocycles. The van der Waals surface area contributed by atoms with Crippen LogP contribution in [0.5, 0.6) is 0 Å². The van der Waals surface area contributed by atoms with Crippen molar-refractivity contribution in [3.8, 4) is 5.69 Å². The minimum atomic E-state index is -0.573. The molecule has 0 aliphatic rings. The Morgan fingerprint density at radius 2 is 1.71 bits per heavy atom. The standard InChI is InChI=1S/C26H21N5O4/c1-15-11-13-17(14-12-15)30-26(33)24-22(18-7-4-5-9-21(18)29(24)3)23(28-30)25(32)27-19-8-6-10-20(16(19)2)31(34)35/h4-14H,1-3H3,(H,27,32). The monoisotopic (exact) mass is 467 g/mol. The lowest BCUT2D eigenvalue weighted by Gasteiger charge is -2.12. The van der Waals surface area contributed by atoms with Crippen LogP contribution in [0.1, 0.15) is 21.6 Å². The van der Waals surface area contributed by atoms with Crippen molar-refractivity contribution in [3.05, 3.63) is 104 Å². The van der Waals surface area contributed by atoms with Crippen LogP contribution in [-0.4, -0.2) is 25.2 Å². The molecule has 0 radical (unpaired) electrons. The van der Waals surface area contributed by atoms with Gasteiger partial charge in [-0.25, -0.2) is 0 Å². The van der Waals surface area contributed by atoms with Crippen molar-refractivity contribution in [3.63, 3.8) is 0 Å². The van der Waals surface area contributed by atoms with Crippen molar-refractivity contribution in [2.24, 2.45) is 7.05 Å². The van der Waals surface area contributed by atoms with E-state index in [2.05, 4.69) is 10.4 Å². The first-order chi connectivity index (χ1) is 16.8. The highest BCUT2D eigenvalue weighted by Gasteiger charge is 2.24. The molecule has 2 aromatic heterocycles. The minimum Gasteiger partial charge on any atom is -0.339 e. The third kappa shape index (κ3) is 3.54. The third-order valence-corrected chi connectivity index (χ3v) is 6.18. The topological polar surface area (TPSA) is 112 Å². The average Bonchev–Trinajstić information content (AvgIpc) is 3.14. The molecule has 5 rings (SSSR count). The maximum atomic E-state index is 13.6. The summed E-state index contributed by atoms with van der Waals surface area (Å²) in [5, 5.41) is 19.8.